The average Bonchev–Trinajstić information content (AvgIpc) is 2.45. The molecular formula is C12H8N2O4Se2. The number of hydrogen-bond acceptors (Lipinski definition) is 4. The Kier molecular flexibility index (Phi) is 4.87. The zero-order valence-corrected chi connectivity index (χ0v) is 13.4. The Bertz CT molecular complexity index is 649. The summed E-state index contributed by atoms with van der Waals surface area (Å²) < 4.78 is 1.75. The summed E-state index contributed by atoms with van der Waals surface area (Å²) >= 11 is 0.0427. The molecule has 2 aromatic carbocycles. The van der Waals surface area contributed by atoms with Gasteiger partial charge in [-0.05, 0) is 0 Å². The molecular weight excluding hydrogens is 394 g/mol. The molecule has 0 fully saturated rings. The number of rotatable bonds is 5. The second-order valence-corrected chi connectivity index (χ2v) is 9.89. The molecule has 0 N–H and O–H groups in total. The van der Waals surface area contributed by atoms with Gasteiger partial charge in [0.1, 0.15) is 0 Å². The van der Waals surface area contributed by atoms with E-state index in [1.165, 1.54) is 12.1 Å². The van der Waals surface area contributed by atoms with Crippen molar-refractivity contribution in [3.8, 4) is 0 Å². The number of nitrogens with zero attached hydrogens (tertiary/aromatic N) is 2. The molecule has 0 aliphatic carbocycles. The van der Waals surface area contributed by atoms with Crippen molar-refractivity contribution in [2.24, 2.45) is 0 Å². The van der Waals surface area contributed by atoms with E-state index in [-0.39, 0.29) is 37.6 Å². The standard InChI is InChI=1S/C12H8N2O4Se2/c15-13(16)9-6-7-12(11(8-9)14(17)18)20-19-10-4-2-1-3-5-10/h1-8H. The summed E-state index contributed by atoms with van der Waals surface area (Å²) in [7, 11) is 0. The summed E-state index contributed by atoms with van der Waals surface area (Å²) in [6, 6.07) is 13.6. The van der Waals surface area contributed by atoms with Crippen molar-refractivity contribution >= 4 is 46.6 Å². The minimum absolute atomic E-state index is 0.0775. The van der Waals surface area contributed by atoms with Gasteiger partial charge in [0.25, 0.3) is 0 Å². The van der Waals surface area contributed by atoms with E-state index in [0.717, 1.165) is 10.5 Å². The summed E-state index contributed by atoms with van der Waals surface area (Å²) in [6.45, 7) is 0. The summed E-state index contributed by atoms with van der Waals surface area (Å²) in [5, 5.41) is 21.7. The van der Waals surface area contributed by atoms with Crippen LogP contribution in [0, 0.1) is 20.2 Å². The number of hydrogen-bond donors (Lipinski definition) is 0. The Morgan fingerprint density at radius 2 is 1.55 bits per heavy atom. The molecule has 0 saturated heterocycles. The van der Waals surface area contributed by atoms with Crippen molar-refractivity contribution in [2.45, 2.75) is 0 Å². The third-order valence-corrected chi connectivity index (χ3v) is 9.54. The van der Waals surface area contributed by atoms with Crippen LogP contribution in [0.5, 0.6) is 0 Å². The average molecular weight is 402 g/mol. The van der Waals surface area contributed by atoms with Crippen LogP contribution >= 0.6 is 0 Å². The normalized spacial score (nSPS) is 10.2. The third kappa shape index (κ3) is 3.65. The fraction of sp³-hybridized carbons (Fsp3) is 0. The van der Waals surface area contributed by atoms with Crippen molar-refractivity contribution in [3.63, 3.8) is 0 Å². The Hall–Kier alpha value is -1.72. The fourth-order valence-corrected chi connectivity index (χ4v) is 7.85. The van der Waals surface area contributed by atoms with Crippen molar-refractivity contribution in [3.05, 3.63) is 68.8 Å². The van der Waals surface area contributed by atoms with Gasteiger partial charge >= 0.3 is 125 Å². The number of non-ortho nitro benzene ring substituents is 1. The summed E-state index contributed by atoms with van der Waals surface area (Å²) in [5.74, 6) is 0. The van der Waals surface area contributed by atoms with E-state index in [2.05, 4.69) is 0 Å². The van der Waals surface area contributed by atoms with Crippen molar-refractivity contribution < 1.29 is 9.85 Å². The SMILES string of the molecule is O=[N+]([O-])c1ccc([Se][Se]c2ccccc2)c([N+](=O)[O-])c1. The predicted molar refractivity (Wildman–Crippen MR) is 77.0 cm³/mol. The van der Waals surface area contributed by atoms with Gasteiger partial charge in [0.05, 0.1) is 0 Å². The molecule has 8 heteroatoms. The van der Waals surface area contributed by atoms with Gasteiger partial charge in [0.15, 0.2) is 0 Å². The van der Waals surface area contributed by atoms with Gasteiger partial charge in [0.2, 0.25) is 0 Å². The van der Waals surface area contributed by atoms with Crippen molar-refractivity contribution in [2.75, 3.05) is 0 Å². The second kappa shape index (κ2) is 6.63. The van der Waals surface area contributed by atoms with Crippen LogP contribution in [0.3, 0.4) is 0 Å². The first-order chi connectivity index (χ1) is 9.58. The van der Waals surface area contributed by atoms with Gasteiger partial charge < -0.3 is 0 Å². The number of nitro groups is 2. The van der Waals surface area contributed by atoms with Crippen LogP contribution in [0.1, 0.15) is 0 Å². The molecule has 0 aliphatic rings. The second-order valence-electron chi connectivity index (χ2n) is 3.65. The summed E-state index contributed by atoms with van der Waals surface area (Å²) in [6.07, 6.45) is 0. The maximum atomic E-state index is 11.0. The van der Waals surface area contributed by atoms with E-state index in [0.29, 0.717) is 4.46 Å². The van der Waals surface area contributed by atoms with Crippen molar-refractivity contribution in [1.29, 1.82) is 0 Å². The minimum atomic E-state index is -0.619. The number of nitro benzene ring substituents is 2. The Balaban J connectivity index is 2.23. The predicted octanol–water partition coefficient (Wildman–Crippen LogP) is 0.777. The molecule has 2 aromatic rings. The monoisotopic (exact) mass is 404 g/mol. The van der Waals surface area contributed by atoms with Gasteiger partial charge in [-0.25, -0.2) is 0 Å². The van der Waals surface area contributed by atoms with Gasteiger partial charge in [-0.2, -0.15) is 0 Å². The molecule has 0 amide bonds. The van der Waals surface area contributed by atoms with E-state index in [4.69, 9.17) is 0 Å². The molecule has 0 aliphatic heterocycles. The van der Waals surface area contributed by atoms with Crippen LogP contribution in [0.25, 0.3) is 0 Å². The Morgan fingerprint density at radius 1 is 0.850 bits per heavy atom. The topological polar surface area (TPSA) is 86.3 Å². The van der Waals surface area contributed by atoms with Crippen molar-refractivity contribution in [1.82, 2.24) is 0 Å². The quantitative estimate of drug-likeness (QED) is 0.420. The Morgan fingerprint density at radius 3 is 2.15 bits per heavy atom. The van der Waals surface area contributed by atoms with Gasteiger partial charge in [0, 0.05) is 0 Å². The van der Waals surface area contributed by atoms with E-state index in [9.17, 15) is 20.2 Å². The molecule has 20 heavy (non-hydrogen) atoms. The molecule has 0 spiro atoms. The van der Waals surface area contributed by atoms with Crippen LogP contribution in [-0.4, -0.2) is 36.1 Å². The summed E-state index contributed by atoms with van der Waals surface area (Å²) in [5.41, 5.74) is -0.402. The summed E-state index contributed by atoms with van der Waals surface area (Å²) in [4.78, 5) is 20.5. The van der Waals surface area contributed by atoms with Gasteiger partial charge in [-0.15, -0.1) is 0 Å². The Labute approximate surface area is 125 Å². The zero-order chi connectivity index (χ0) is 14.5. The van der Waals surface area contributed by atoms with Crippen LogP contribution in [0.2, 0.25) is 0 Å². The van der Waals surface area contributed by atoms with Gasteiger partial charge in [-0.3, -0.25) is 0 Å². The maximum absolute atomic E-state index is 11.0. The molecule has 0 radical (unpaired) electrons. The molecule has 0 bridgehead atoms. The first-order valence-electron chi connectivity index (χ1n) is 5.40. The molecule has 102 valence electrons. The van der Waals surface area contributed by atoms with Crippen LogP contribution in [-0.2, 0) is 0 Å². The molecule has 0 heterocycles. The number of benzene rings is 2. The van der Waals surface area contributed by atoms with E-state index in [1.807, 2.05) is 30.3 Å². The first-order valence-corrected chi connectivity index (χ1v) is 11.4. The third-order valence-electron chi connectivity index (χ3n) is 2.32. The van der Waals surface area contributed by atoms with Gasteiger partial charge in [-0.1, -0.05) is 0 Å². The van der Waals surface area contributed by atoms with Crippen LogP contribution in [0.15, 0.2) is 48.5 Å². The molecule has 0 atom stereocenters. The molecule has 0 aromatic heterocycles. The van der Waals surface area contributed by atoms with Crippen LogP contribution < -0.4 is 8.92 Å². The molecule has 0 unspecified atom stereocenters. The first kappa shape index (κ1) is 14.7. The fourth-order valence-electron chi connectivity index (χ4n) is 1.40. The van der Waals surface area contributed by atoms with E-state index < -0.39 is 9.85 Å². The zero-order valence-electron chi connectivity index (χ0n) is 9.96. The van der Waals surface area contributed by atoms with Crippen LogP contribution in [0.4, 0.5) is 11.4 Å². The molecule has 0 saturated carbocycles. The van der Waals surface area contributed by atoms with E-state index in [1.54, 1.807) is 0 Å². The molecule has 2 rings (SSSR count). The van der Waals surface area contributed by atoms with E-state index >= 15 is 0 Å². The molecule has 6 nitrogen and oxygen atoms in total.